The number of rotatable bonds is 8. The Bertz CT molecular complexity index is 870. The van der Waals surface area contributed by atoms with E-state index in [9.17, 15) is 0 Å². The van der Waals surface area contributed by atoms with Crippen molar-refractivity contribution in [1.29, 1.82) is 0 Å². The molecule has 1 atom stereocenters. The monoisotopic (exact) mass is 542 g/mol. The van der Waals surface area contributed by atoms with Gasteiger partial charge in [-0.05, 0) is 32.4 Å². The van der Waals surface area contributed by atoms with Gasteiger partial charge in [0.05, 0.1) is 31.6 Å². The molecule has 3 rings (SSSR count). The molecule has 1 aliphatic heterocycles. The zero-order valence-electron chi connectivity index (χ0n) is 19.1. The van der Waals surface area contributed by atoms with E-state index in [2.05, 4.69) is 44.7 Å². The fourth-order valence-electron chi connectivity index (χ4n) is 3.93. The number of nitrogens with one attached hydrogen (secondary N) is 2. The minimum atomic E-state index is 0. The summed E-state index contributed by atoms with van der Waals surface area (Å²) in [4.78, 5) is 6.78. The molecule has 0 bridgehead atoms. The molecular weight excluding hydrogens is 507 g/mol. The van der Waals surface area contributed by atoms with Crippen molar-refractivity contribution in [2.24, 2.45) is 4.99 Å². The molecular formula is C22H35IN6O2. The molecule has 0 radical (unpaired) electrons. The maximum Gasteiger partial charge on any atom is 0.191 e. The fourth-order valence-corrected chi connectivity index (χ4v) is 3.93. The number of aliphatic imine (C=N–C) groups is 1. The van der Waals surface area contributed by atoms with Crippen LogP contribution in [-0.2, 0) is 17.8 Å². The lowest BCUT2D eigenvalue weighted by atomic mass is 10.2. The minimum Gasteiger partial charge on any atom is -0.495 e. The molecule has 0 spiro atoms. The van der Waals surface area contributed by atoms with Crippen molar-refractivity contribution >= 4 is 35.6 Å². The smallest absolute Gasteiger partial charge is 0.191 e. The number of anilines is 1. The number of para-hydroxylation sites is 2. The van der Waals surface area contributed by atoms with Gasteiger partial charge in [-0.1, -0.05) is 12.1 Å². The number of methoxy groups -OCH3 is 2. The van der Waals surface area contributed by atoms with E-state index in [1.54, 1.807) is 14.2 Å². The Morgan fingerprint density at radius 2 is 2.03 bits per heavy atom. The Labute approximate surface area is 202 Å². The van der Waals surface area contributed by atoms with Crippen molar-refractivity contribution in [1.82, 2.24) is 20.4 Å². The highest BCUT2D eigenvalue weighted by Gasteiger charge is 2.25. The zero-order chi connectivity index (χ0) is 21.5. The summed E-state index contributed by atoms with van der Waals surface area (Å²) >= 11 is 0. The van der Waals surface area contributed by atoms with Crippen LogP contribution in [-0.4, -0.2) is 62.7 Å². The first-order valence-electron chi connectivity index (χ1n) is 10.4. The molecule has 0 amide bonds. The van der Waals surface area contributed by atoms with Gasteiger partial charge in [0.1, 0.15) is 5.75 Å². The van der Waals surface area contributed by atoms with Crippen molar-refractivity contribution in [3.05, 3.63) is 41.2 Å². The van der Waals surface area contributed by atoms with Gasteiger partial charge in [-0.25, -0.2) is 0 Å². The molecule has 2 N–H and O–H groups in total. The highest BCUT2D eigenvalue weighted by Crippen LogP contribution is 2.30. The predicted octanol–water partition coefficient (Wildman–Crippen LogP) is 2.72. The number of guanidine groups is 1. The van der Waals surface area contributed by atoms with Crippen molar-refractivity contribution in [3.63, 3.8) is 0 Å². The lowest BCUT2D eigenvalue weighted by Crippen LogP contribution is -2.44. The zero-order valence-corrected chi connectivity index (χ0v) is 21.5. The minimum absolute atomic E-state index is 0. The molecule has 1 unspecified atom stereocenters. The van der Waals surface area contributed by atoms with Gasteiger partial charge in [0.15, 0.2) is 5.96 Å². The maximum absolute atomic E-state index is 5.52. The fraction of sp³-hybridized carbons (Fsp3) is 0.545. The number of hydrogen-bond acceptors (Lipinski definition) is 5. The average Bonchev–Trinajstić information content (AvgIpc) is 3.33. The van der Waals surface area contributed by atoms with E-state index in [-0.39, 0.29) is 24.0 Å². The van der Waals surface area contributed by atoms with Crippen LogP contribution in [0.4, 0.5) is 5.69 Å². The lowest BCUT2D eigenvalue weighted by molar-refractivity contribution is 0.182. The quantitative estimate of drug-likeness (QED) is 0.304. The number of halogens is 1. The summed E-state index contributed by atoms with van der Waals surface area (Å²) in [5.41, 5.74) is 4.54. The molecule has 31 heavy (non-hydrogen) atoms. The molecule has 0 saturated carbocycles. The Balaban J connectivity index is 0.00000341. The van der Waals surface area contributed by atoms with E-state index in [0.717, 1.165) is 54.8 Å². The summed E-state index contributed by atoms with van der Waals surface area (Å²) in [6, 6.07) is 8.50. The van der Waals surface area contributed by atoms with Crippen LogP contribution in [0.1, 0.15) is 23.4 Å². The third-order valence-corrected chi connectivity index (χ3v) is 5.65. The van der Waals surface area contributed by atoms with Gasteiger partial charge in [0.2, 0.25) is 0 Å². The summed E-state index contributed by atoms with van der Waals surface area (Å²) in [6.07, 6.45) is 1.05. The van der Waals surface area contributed by atoms with E-state index in [4.69, 9.17) is 9.47 Å². The number of ether oxygens (including phenoxy) is 2. The Kier molecular flexibility index (Phi) is 9.89. The normalized spacial score (nSPS) is 16.2. The molecule has 0 aliphatic carbocycles. The number of aryl methyl sites for hydroxylation is 1. The van der Waals surface area contributed by atoms with Crippen LogP contribution >= 0.6 is 24.0 Å². The van der Waals surface area contributed by atoms with E-state index in [1.165, 1.54) is 5.56 Å². The standard InChI is InChI=1S/C22H34N6O2.HI/c1-16-19(17(2)28(26-16)12-13-29-4)14-24-22(23-3)25-18-10-11-27(15-18)20-8-6-7-9-21(20)30-5;/h6-9,18H,10-15H2,1-5H3,(H2,23,24,25);1H. The highest BCUT2D eigenvalue weighted by molar-refractivity contribution is 14.0. The van der Waals surface area contributed by atoms with Crippen LogP contribution in [0, 0.1) is 13.8 Å². The second-order valence-electron chi connectivity index (χ2n) is 7.54. The second kappa shape index (κ2) is 12.1. The Hall–Kier alpha value is -2.01. The van der Waals surface area contributed by atoms with Crippen LogP contribution < -0.4 is 20.3 Å². The molecule has 8 nitrogen and oxygen atoms in total. The first kappa shape index (κ1) is 25.3. The van der Waals surface area contributed by atoms with E-state index >= 15 is 0 Å². The van der Waals surface area contributed by atoms with Crippen molar-refractivity contribution in [2.45, 2.75) is 39.4 Å². The van der Waals surface area contributed by atoms with E-state index in [1.807, 2.05) is 30.8 Å². The SMILES string of the molecule is CN=C(NCc1c(C)nn(CCOC)c1C)NC1CCN(c2ccccc2OC)C1.I. The summed E-state index contributed by atoms with van der Waals surface area (Å²) < 4.78 is 12.7. The third-order valence-electron chi connectivity index (χ3n) is 5.65. The lowest BCUT2D eigenvalue weighted by Gasteiger charge is -2.22. The topological polar surface area (TPSA) is 75.9 Å². The Morgan fingerprint density at radius 1 is 1.26 bits per heavy atom. The molecule has 2 aromatic rings. The van der Waals surface area contributed by atoms with Gasteiger partial charge in [-0.3, -0.25) is 9.67 Å². The number of hydrogen-bond donors (Lipinski definition) is 2. The van der Waals surface area contributed by atoms with E-state index < -0.39 is 0 Å². The molecule has 1 saturated heterocycles. The van der Waals surface area contributed by atoms with Gasteiger partial charge in [-0.15, -0.1) is 24.0 Å². The number of aromatic nitrogens is 2. The van der Waals surface area contributed by atoms with Gasteiger partial charge >= 0.3 is 0 Å². The van der Waals surface area contributed by atoms with Crippen molar-refractivity contribution in [2.75, 3.05) is 45.9 Å². The second-order valence-corrected chi connectivity index (χ2v) is 7.54. The molecule has 172 valence electrons. The molecule has 1 aliphatic rings. The van der Waals surface area contributed by atoms with E-state index in [0.29, 0.717) is 19.2 Å². The average molecular weight is 542 g/mol. The first-order chi connectivity index (χ1) is 14.6. The highest BCUT2D eigenvalue weighted by atomic mass is 127. The summed E-state index contributed by atoms with van der Waals surface area (Å²) in [5, 5.41) is 11.6. The van der Waals surface area contributed by atoms with Crippen LogP contribution in [0.5, 0.6) is 5.75 Å². The molecule has 2 heterocycles. The largest absolute Gasteiger partial charge is 0.495 e. The van der Waals surface area contributed by atoms with Crippen LogP contribution in [0.2, 0.25) is 0 Å². The summed E-state index contributed by atoms with van der Waals surface area (Å²) in [6.45, 7) is 8.15. The molecule has 9 heteroatoms. The third kappa shape index (κ3) is 6.25. The number of benzene rings is 1. The van der Waals surface area contributed by atoms with Gasteiger partial charge in [0.25, 0.3) is 0 Å². The maximum atomic E-state index is 5.52. The predicted molar refractivity (Wildman–Crippen MR) is 136 cm³/mol. The first-order valence-corrected chi connectivity index (χ1v) is 10.4. The molecule has 1 fully saturated rings. The number of nitrogens with zero attached hydrogens (tertiary/aromatic N) is 4. The van der Waals surface area contributed by atoms with Crippen molar-refractivity contribution in [3.8, 4) is 5.75 Å². The van der Waals surface area contributed by atoms with Crippen LogP contribution in [0.15, 0.2) is 29.3 Å². The van der Waals surface area contributed by atoms with Gasteiger partial charge in [-0.2, -0.15) is 5.10 Å². The molecule has 1 aromatic carbocycles. The van der Waals surface area contributed by atoms with Gasteiger partial charge < -0.3 is 25.0 Å². The van der Waals surface area contributed by atoms with Crippen LogP contribution in [0.25, 0.3) is 0 Å². The summed E-state index contributed by atoms with van der Waals surface area (Å²) in [5.74, 6) is 1.72. The Morgan fingerprint density at radius 3 is 2.74 bits per heavy atom. The summed E-state index contributed by atoms with van der Waals surface area (Å²) in [7, 11) is 5.24. The molecule has 1 aromatic heterocycles. The van der Waals surface area contributed by atoms with Crippen molar-refractivity contribution < 1.29 is 9.47 Å². The van der Waals surface area contributed by atoms with Crippen LogP contribution in [0.3, 0.4) is 0 Å². The van der Waals surface area contributed by atoms with Gasteiger partial charge in [0, 0.05) is 51.1 Å².